The van der Waals surface area contributed by atoms with Gasteiger partial charge in [0.2, 0.25) is 0 Å². The molecule has 0 aliphatic heterocycles. The third-order valence-electron chi connectivity index (χ3n) is 3.96. The summed E-state index contributed by atoms with van der Waals surface area (Å²) < 4.78 is 0. The van der Waals surface area contributed by atoms with E-state index in [-0.39, 0.29) is 0 Å². The van der Waals surface area contributed by atoms with E-state index >= 15 is 0 Å². The van der Waals surface area contributed by atoms with E-state index in [4.69, 9.17) is 0 Å². The predicted octanol–water partition coefficient (Wildman–Crippen LogP) is 2.56. The summed E-state index contributed by atoms with van der Waals surface area (Å²) in [5, 5.41) is 13.8. The second-order valence-corrected chi connectivity index (χ2v) is 5.82. The van der Waals surface area contributed by atoms with Crippen molar-refractivity contribution < 1.29 is 5.11 Å². The molecule has 15 heavy (non-hydrogen) atoms. The van der Waals surface area contributed by atoms with Gasteiger partial charge in [-0.15, -0.1) is 0 Å². The minimum Gasteiger partial charge on any atom is -0.389 e. The first-order valence-electron chi connectivity index (χ1n) is 6.39. The molecule has 1 rings (SSSR count). The van der Waals surface area contributed by atoms with Crippen molar-refractivity contribution in [3.63, 3.8) is 0 Å². The van der Waals surface area contributed by atoms with Crippen LogP contribution in [0.4, 0.5) is 0 Å². The van der Waals surface area contributed by atoms with E-state index < -0.39 is 5.60 Å². The molecule has 1 saturated carbocycles. The van der Waals surface area contributed by atoms with Crippen molar-refractivity contribution in [3.8, 4) is 0 Å². The molecular weight excluding hydrogens is 186 g/mol. The van der Waals surface area contributed by atoms with Crippen LogP contribution in [0, 0.1) is 11.8 Å². The molecule has 90 valence electrons. The lowest BCUT2D eigenvalue weighted by atomic mass is 9.79. The molecule has 0 saturated heterocycles. The largest absolute Gasteiger partial charge is 0.389 e. The minimum atomic E-state index is -0.435. The van der Waals surface area contributed by atoms with Gasteiger partial charge in [0.15, 0.2) is 0 Å². The Bertz CT molecular complexity index is 183. The van der Waals surface area contributed by atoms with Crippen molar-refractivity contribution in [1.82, 2.24) is 5.32 Å². The van der Waals surface area contributed by atoms with E-state index in [9.17, 15) is 5.11 Å². The Morgan fingerprint density at radius 1 is 1.27 bits per heavy atom. The maximum absolute atomic E-state index is 10.4. The Hall–Kier alpha value is -0.0800. The van der Waals surface area contributed by atoms with Crippen molar-refractivity contribution in [2.24, 2.45) is 11.8 Å². The van der Waals surface area contributed by atoms with E-state index in [0.29, 0.717) is 12.0 Å². The van der Waals surface area contributed by atoms with Crippen LogP contribution in [-0.2, 0) is 0 Å². The molecule has 2 N–H and O–H groups in total. The lowest BCUT2D eigenvalue weighted by Gasteiger charge is -2.36. The van der Waals surface area contributed by atoms with Gasteiger partial charge in [-0.25, -0.2) is 0 Å². The van der Waals surface area contributed by atoms with E-state index in [0.717, 1.165) is 25.3 Å². The molecule has 0 heterocycles. The third kappa shape index (κ3) is 4.12. The van der Waals surface area contributed by atoms with Gasteiger partial charge in [-0.3, -0.25) is 0 Å². The van der Waals surface area contributed by atoms with E-state index in [1.165, 1.54) is 12.8 Å². The van der Waals surface area contributed by atoms with Gasteiger partial charge in [0.1, 0.15) is 0 Å². The van der Waals surface area contributed by atoms with Crippen LogP contribution >= 0.6 is 0 Å². The van der Waals surface area contributed by atoms with E-state index in [1.54, 1.807) is 0 Å². The zero-order chi connectivity index (χ0) is 11.5. The molecule has 0 aromatic heterocycles. The summed E-state index contributed by atoms with van der Waals surface area (Å²) in [6, 6.07) is 0.494. The number of aliphatic hydroxyl groups is 1. The zero-order valence-electron chi connectivity index (χ0n) is 10.7. The zero-order valence-corrected chi connectivity index (χ0v) is 10.7. The van der Waals surface area contributed by atoms with Crippen molar-refractivity contribution in [2.45, 2.75) is 65.0 Å². The SMILES string of the molecule is CC1CCC(O)(CNC(C)C(C)C)CC1. The van der Waals surface area contributed by atoms with Crippen LogP contribution in [0.15, 0.2) is 0 Å². The molecule has 1 atom stereocenters. The van der Waals surface area contributed by atoms with Crippen LogP contribution in [0.5, 0.6) is 0 Å². The van der Waals surface area contributed by atoms with Gasteiger partial charge < -0.3 is 10.4 Å². The molecule has 0 amide bonds. The van der Waals surface area contributed by atoms with Crippen molar-refractivity contribution in [3.05, 3.63) is 0 Å². The third-order valence-corrected chi connectivity index (χ3v) is 3.96. The smallest absolute Gasteiger partial charge is 0.0771 e. The van der Waals surface area contributed by atoms with Crippen molar-refractivity contribution in [2.75, 3.05) is 6.54 Å². The summed E-state index contributed by atoms with van der Waals surface area (Å²) >= 11 is 0. The van der Waals surface area contributed by atoms with Gasteiger partial charge in [0, 0.05) is 12.6 Å². The normalized spacial score (nSPS) is 34.4. The van der Waals surface area contributed by atoms with E-state index in [2.05, 4.69) is 33.0 Å². The van der Waals surface area contributed by atoms with Crippen molar-refractivity contribution in [1.29, 1.82) is 0 Å². The summed E-state index contributed by atoms with van der Waals surface area (Å²) in [6.07, 6.45) is 4.28. The fraction of sp³-hybridized carbons (Fsp3) is 1.00. The van der Waals surface area contributed by atoms with Crippen LogP contribution in [-0.4, -0.2) is 23.3 Å². The second-order valence-electron chi connectivity index (χ2n) is 5.82. The molecule has 2 nitrogen and oxygen atoms in total. The van der Waals surface area contributed by atoms with Gasteiger partial charge in [-0.1, -0.05) is 20.8 Å². The molecule has 1 unspecified atom stereocenters. The molecule has 0 bridgehead atoms. The van der Waals surface area contributed by atoms with Crippen LogP contribution in [0.25, 0.3) is 0 Å². The maximum atomic E-state index is 10.4. The quantitative estimate of drug-likeness (QED) is 0.752. The van der Waals surface area contributed by atoms with Crippen LogP contribution in [0.3, 0.4) is 0 Å². The molecule has 1 aliphatic rings. The number of hydrogen-bond donors (Lipinski definition) is 2. The molecule has 0 radical (unpaired) electrons. The highest BCUT2D eigenvalue weighted by molar-refractivity contribution is 4.87. The standard InChI is InChI=1S/C13H27NO/c1-10(2)12(4)14-9-13(15)7-5-11(3)6-8-13/h10-12,14-15H,5-9H2,1-4H3. The van der Waals surface area contributed by atoms with E-state index in [1.807, 2.05) is 0 Å². The average molecular weight is 213 g/mol. The molecule has 1 fully saturated rings. The topological polar surface area (TPSA) is 32.3 Å². The minimum absolute atomic E-state index is 0.435. The first kappa shape index (κ1) is 13.0. The molecule has 2 heteroatoms. The predicted molar refractivity (Wildman–Crippen MR) is 64.9 cm³/mol. The molecule has 0 spiro atoms. The highest BCUT2D eigenvalue weighted by Gasteiger charge is 2.31. The Morgan fingerprint density at radius 2 is 1.80 bits per heavy atom. The van der Waals surface area contributed by atoms with Gasteiger partial charge in [0.05, 0.1) is 5.60 Å². The van der Waals surface area contributed by atoms with Crippen LogP contribution in [0.1, 0.15) is 53.4 Å². The summed E-state index contributed by atoms with van der Waals surface area (Å²) in [4.78, 5) is 0. The van der Waals surface area contributed by atoms with Gasteiger partial charge >= 0.3 is 0 Å². The Balaban J connectivity index is 2.31. The lowest BCUT2D eigenvalue weighted by molar-refractivity contribution is -0.00874. The molecular formula is C13H27NO. The van der Waals surface area contributed by atoms with Gasteiger partial charge in [-0.2, -0.15) is 0 Å². The van der Waals surface area contributed by atoms with Gasteiger partial charge in [0.25, 0.3) is 0 Å². The highest BCUT2D eigenvalue weighted by atomic mass is 16.3. The molecule has 1 aliphatic carbocycles. The number of nitrogens with one attached hydrogen (secondary N) is 1. The summed E-state index contributed by atoms with van der Waals surface area (Å²) in [7, 11) is 0. The second kappa shape index (κ2) is 5.31. The average Bonchev–Trinajstić information content (AvgIpc) is 2.19. The lowest BCUT2D eigenvalue weighted by Crippen LogP contribution is -2.46. The van der Waals surface area contributed by atoms with Gasteiger partial charge in [-0.05, 0) is 44.4 Å². The fourth-order valence-corrected chi connectivity index (χ4v) is 2.06. The molecule has 0 aromatic rings. The number of hydrogen-bond acceptors (Lipinski definition) is 2. The Kier molecular flexibility index (Phi) is 4.60. The summed E-state index contributed by atoms with van der Waals surface area (Å²) in [5.74, 6) is 1.43. The summed E-state index contributed by atoms with van der Waals surface area (Å²) in [6.45, 7) is 9.66. The first-order chi connectivity index (χ1) is 6.93. The van der Waals surface area contributed by atoms with Crippen LogP contribution < -0.4 is 5.32 Å². The van der Waals surface area contributed by atoms with Crippen molar-refractivity contribution >= 4 is 0 Å². The first-order valence-corrected chi connectivity index (χ1v) is 6.39. The highest BCUT2D eigenvalue weighted by Crippen LogP contribution is 2.31. The Labute approximate surface area is 94.5 Å². The monoisotopic (exact) mass is 213 g/mol. The summed E-state index contributed by atoms with van der Waals surface area (Å²) in [5.41, 5.74) is -0.435. The molecule has 0 aromatic carbocycles. The fourth-order valence-electron chi connectivity index (χ4n) is 2.06. The Morgan fingerprint density at radius 3 is 2.27 bits per heavy atom. The number of rotatable bonds is 4. The van der Waals surface area contributed by atoms with Crippen LogP contribution in [0.2, 0.25) is 0 Å². The maximum Gasteiger partial charge on any atom is 0.0771 e.